The van der Waals surface area contributed by atoms with Gasteiger partial charge in [-0.15, -0.1) is 0 Å². The molecule has 1 amide bonds. The summed E-state index contributed by atoms with van der Waals surface area (Å²) >= 11 is 1.75. The minimum Gasteiger partial charge on any atom is -0.493 e. The van der Waals surface area contributed by atoms with Crippen molar-refractivity contribution in [1.82, 2.24) is 0 Å². The van der Waals surface area contributed by atoms with E-state index in [0.717, 1.165) is 11.4 Å². The van der Waals surface area contributed by atoms with Gasteiger partial charge >= 0.3 is 0 Å². The molecule has 0 saturated carbocycles. The van der Waals surface area contributed by atoms with Gasteiger partial charge in [0.25, 0.3) is 5.91 Å². The number of methoxy groups -OCH3 is 1. The van der Waals surface area contributed by atoms with Crippen molar-refractivity contribution in [2.75, 3.05) is 25.3 Å². The SMILES string of the molecule is COc1cc(C#N)ccc1OCC(=O)Nc1ccc(CSC)cc1. The highest BCUT2D eigenvalue weighted by Gasteiger charge is 2.09. The number of hydrogen-bond acceptors (Lipinski definition) is 5. The molecule has 0 aliphatic carbocycles. The fourth-order valence-electron chi connectivity index (χ4n) is 2.05. The summed E-state index contributed by atoms with van der Waals surface area (Å²) in [7, 11) is 1.49. The lowest BCUT2D eigenvalue weighted by atomic mass is 10.2. The Hall–Kier alpha value is -2.65. The molecule has 2 rings (SSSR count). The van der Waals surface area contributed by atoms with Crippen molar-refractivity contribution >= 4 is 23.4 Å². The zero-order valence-electron chi connectivity index (χ0n) is 13.5. The third-order valence-corrected chi connectivity index (χ3v) is 3.82. The van der Waals surface area contributed by atoms with Crippen LogP contribution in [0.3, 0.4) is 0 Å². The van der Waals surface area contributed by atoms with E-state index in [9.17, 15) is 4.79 Å². The molecule has 0 bridgehead atoms. The summed E-state index contributed by atoms with van der Waals surface area (Å²) in [6.45, 7) is -0.144. The average molecular weight is 342 g/mol. The van der Waals surface area contributed by atoms with Gasteiger partial charge < -0.3 is 14.8 Å². The molecule has 0 fully saturated rings. The lowest BCUT2D eigenvalue weighted by molar-refractivity contribution is -0.118. The molecule has 0 aliphatic heterocycles. The van der Waals surface area contributed by atoms with Crippen LogP contribution in [-0.4, -0.2) is 25.9 Å². The Morgan fingerprint density at radius 2 is 1.96 bits per heavy atom. The second-order valence-corrected chi connectivity index (χ2v) is 5.81. The molecule has 0 heterocycles. The first-order chi connectivity index (χ1) is 11.7. The number of nitrogens with zero attached hydrogens (tertiary/aromatic N) is 1. The van der Waals surface area contributed by atoms with Crippen molar-refractivity contribution in [1.29, 1.82) is 5.26 Å². The van der Waals surface area contributed by atoms with Crippen molar-refractivity contribution < 1.29 is 14.3 Å². The zero-order chi connectivity index (χ0) is 17.4. The molecule has 0 spiro atoms. The van der Waals surface area contributed by atoms with Gasteiger partial charge in [0.15, 0.2) is 18.1 Å². The van der Waals surface area contributed by atoms with Gasteiger partial charge in [0.1, 0.15) is 0 Å². The van der Waals surface area contributed by atoms with E-state index in [1.54, 1.807) is 30.0 Å². The third kappa shape index (κ3) is 4.93. The van der Waals surface area contributed by atoms with Crippen LogP contribution in [0.2, 0.25) is 0 Å². The van der Waals surface area contributed by atoms with Crippen LogP contribution in [0.4, 0.5) is 5.69 Å². The van der Waals surface area contributed by atoms with E-state index in [0.29, 0.717) is 17.1 Å². The summed E-state index contributed by atoms with van der Waals surface area (Å²) in [5.74, 6) is 1.51. The van der Waals surface area contributed by atoms with Crippen molar-refractivity contribution in [3.8, 4) is 17.6 Å². The number of rotatable bonds is 7. The normalized spacial score (nSPS) is 9.88. The molecule has 24 heavy (non-hydrogen) atoms. The number of nitrogens with one attached hydrogen (secondary N) is 1. The summed E-state index contributed by atoms with van der Waals surface area (Å²) in [6.07, 6.45) is 2.05. The minimum atomic E-state index is -0.265. The van der Waals surface area contributed by atoms with E-state index in [-0.39, 0.29) is 12.5 Å². The number of benzene rings is 2. The van der Waals surface area contributed by atoms with E-state index in [1.165, 1.54) is 12.7 Å². The Morgan fingerprint density at radius 3 is 2.58 bits per heavy atom. The van der Waals surface area contributed by atoms with Gasteiger partial charge in [0.05, 0.1) is 18.7 Å². The number of nitriles is 1. The van der Waals surface area contributed by atoms with Crippen LogP contribution < -0.4 is 14.8 Å². The number of hydrogen-bond donors (Lipinski definition) is 1. The van der Waals surface area contributed by atoms with Crippen LogP contribution in [0.5, 0.6) is 11.5 Å². The number of carbonyl (C=O) groups excluding carboxylic acids is 1. The van der Waals surface area contributed by atoms with Crippen LogP contribution in [0.1, 0.15) is 11.1 Å². The first-order valence-electron chi connectivity index (χ1n) is 7.25. The molecule has 2 aromatic rings. The Balaban J connectivity index is 1.92. The molecule has 0 aromatic heterocycles. The van der Waals surface area contributed by atoms with Crippen LogP contribution in [0.15, 0.2) is 42.5 Å². The van der Waals surface area contributed by atoms with Crippen LogP contribution in [0.25, 0.3) is 0 Å². The largest absolute Gasteiger partial charge is 0.493 e. The van der Waals surface area contributed by atoms with Gasteiger partial charge in [0.2, 0.25) is 0 Å². The Bertz CT molecular complexity index is 739. The van der Waals surface area contributed by atoms with Crippen molar-refractivity contribution in [2.24, 2.45) is 0 Å². The summed E-state index contributed by atoms with van der Waals surface area (Å²) in [5, 5.41) is 11.6. The fraction of sp³-hybridized carbons (Fsp3) is 0.222. The lowest BCUT2D eigenvalue weighted by Gasteiger charge is -2.11. The molecule has 0 unspecified atom stereocenters. The van der Waals surface area contributed by atoms with Gasteiger partial charge in [-0.2, -0.15) is 17.0 Å². The smallest absolute Gasteiger partial charge is 0.262 e. The predicted octanol–water partition coefficient (Wildman–Crippen LogP) is 3.45. The quantitative estimate of drug-likeness (QED) is 0.834. The van der Waals surface area contributed by atoms with Gasteiger partial charge in [-0.05, 0) is 36.1 Å². The maximum atomic E-state index is 12.0. The average Bonchev–Trinajstić information content (AvgIpc) is 2.61. The number of ether oxygens (including phenoxy) is 2. The molecule has 1 N–H and O–H groups in total. The third-order valence-electron chi connectivity index (χ3n) is 3.20. The van der Waals surface area contributed by atoms with Crippen molar-refractivity contribution in [2.45, 2.75) is 5.75 Å². The maximum absolute atomic E-state index is 12.0. The van der Waals surface area contributed by atoms with Gasteiger partial charge in [-0.3, -0.25) is 4.79 Å². The summed E-state index contributed by atoms with van der Waals surface area (Å²) in [4.78, 5) is 12.0. The number of carbonyl (C=O) groups is 1. The standard InChI is InChI=1S/C18H18N2O3S/c1-22-17-9-14(10-19)5-8-16(17)23-11-18(21)20-15-6-3-13(4-7-15)12-24-2/h3-9H,11-12H2,1-2H3,(H,20,21). The first-order valence-corrected chi connectivity index (χ1v) is 8.64. The molecule has 0 radical (unpaired) electrons. The van der Waals surface area contributed by atoms with E-state index >= 15 is 0 Å². The predicted molar refractivity (Wildman–Crippen MR) is 95.5 cm³/mol. The molecular weight excluding hydrogens is 324 g/mol. The number of thioether (sulfide) groups is 1. The topological polar surface area (TPSA) is 71.3 Å². The highest BCUT2D eigenvalue weighted by Crippen LogP contribution is 2.27. The van der Waals surface area contributed by atoms with Crippen molar-refractivity contribution in [3.63, 3.8) is 0 Å². The second-order valence-electron chi connectivity index (χ2n) is 4.94. The van der Waals surface area contributed by atoms with Crippen LogP contribution in [-0.2, 0) is 10.5 Å². The monoisotopic (exact) mass is 342 g/mol. The minimum absolute atomic E-state index is 0.144. The van der Waals surface area contributed by atoms with Gasteiger partial charge in [0, 0.05) is 17.5 Å². The maximum Gasteiger partial charge on any atom is 0.262 e. The van der Waals surface area contributed by atoms with E-state index < -0.39 is 0 Å². The van der Waals surface area contributed by atoms with Crippen LogP contribution >= 0.6 is 11.8 Å². The fourth-order valence-corrected chi connectivity index (χ4v) is 2.57. The summed E-state index contributed by atoms with van der Waals surface area (Å²) in [6, 6.07) is 14.5. The lowest BCUT2D eigenvalue weighted by Crippen LogP contribution is -2.20. The summed E-state index contributed by atoms with van der Waals surface area (Å²) in [5.41, 5.74) is 2.40. The van der Waals surface area contributed by atoms with E-state index in [4.69, 9.17) is 14.7 Å². The Morgan fingerprint density at radius 1 is 1.21 bits per heavy atom. The van der Waals surface area contributed by atoms with Gasteiger partial charge in [-0.25, -0.2) is 0 Å². The molecule has 6 heteroatoms. The molecule has 2 aromatic carbocycles. The number of amides is 1. The highest BCUT2D eigenvalue weighted by atomic mass is 32.2. The summed E-state index contributed by atoms with van der Waals surface area (Å²) < 4.78 is 10.6. The first kappa shape index (κ1) is 17.7. The molecule has 0 saturated heterocycles. The highest BCUT2D eigenvalue weighted by molar-refractivity contribution is 7.97. The molecule has 0 aliphatic rings. The van der Waals surface area contributed by atoms with Crippen LogP contribution in [0, 0.1) is 11.3 Å². The van der Waals surface area contributed by atoms with Crippen molar-refractivity contribution in [3.05, 3.63) is 53.6 Å². The zero-order valence-corrected chi connectivity index (χ0v) is 14.4. The number of anilines is 1. The van der Waals surface area contributed by atoms with Gasteiger partial charge in [-0.1, -0.05) is 12.1 Å². The van der Waals surface area contributed by atoms with E-state index in [2.05, 4.69) is 5.32 Å². The second kappa shape index (κ2) is 8.85. The molecule has 0 atom stereocenters. The Labute approximate surface area is 145 Å². The molecule has 5 nitrogen and oxygen atoms in total. The molecular formula is C18H18N2O3S. The Kier molecular flexibility index (Phi) is 6.52. The molecule has 124 valence electrons. The van der Waals surface area contributed by atoms with E-state index in [1.807, 2.05) is 36.6 Å².